The van der Waals surface area contributed by atoms with Crippen LogP contribution in [-0.4, -0.2) is 56.8 Å². The van der Waals surface area contributed by atoms with Gasteiger partial charge in [-0.15, -0.1) is 35.3 Å². The summed E-state index contributed by atoms with van der Waals surface area (Å²) in [5.74, 6) is 0.914. The third kappa shape index (κ3) is 7.25. The Morgan fingerprint density at radius 1 is 1.42 bits per heavy atom. The minimum Gasteiger partial charge on any atom is -0.383 e. The molecule has 7 heteroatoms. The Hall–Kier alpha value is -0.380. The van der Waals surface area contributed by atoms with Crippen molar-refractivity contribution in [3.8, 4) is 0 Å². The smallest absolute Gasteiger partial charge is 0.191 e. The molecule has 0 radical (unpaired) electrons. The molecular weight excluding hydrogens is 435 g/mol. The molecular formula is C17H31IN4OS. The fraction of sp³-hybridized carbons (Fsp3) is 0.706. The molecule has 1 aliphatic rings. The predicted octanol–water partition coefficient (Wildman–Crippen LogP) is 2.84. The summed E-state index contributed by atoms with van der Waals surface area (Å²) in [4.78, 5) is 9.87. The van der Waals surface area contributed by atoms with Crippen LogP contribution in [0.4, 0.5) is 0 Å². The molecule has 1 aliphatic heterocycles. The average molecular weight is 466 g/mol. The normalized spacial score (nSPS) is 18.5. The van der Waals surface area contributed by atoms with Gasteiger partial charge >= 0.3 is 0 Å². The van der Waals surface area contributed by atoms with Gasteiger partial charge < -0.3 is 15.4 Å². The van der Waals surface area contributed by atoms with Gasteiger partial charge in [-0.3, -0.25) is 4.90 Å². The van der Waals surface area contributed by atoms with Crippen LogP contribution in [0.2, 0.25) is 0 Å². The van der Waals surface area contributed by atoms with Crippen LogP contribution in [0.1, 0.15) is 29.5 Å². The fourth-order valence-corrected chi connectivity index (χ4v) is 3.73. The number of hydrogen-bond donors (Lipinski definition) is 2. The van der Waals surface area contributed by atoms with Crippen molar-refractivity contribution in [2.45, 2.75) is 39.3 Å². The highest BCUT2D eigenvalue weighted by Crippen LogP contribution is 2.17. The maximum atomic E-state index is 5.21. The number of likely N-dealkylation sites (tertiary alicyclic amines) is 1. The molecule has 1 saturated heterocycles. The summed E-state index contributed by atoms with van der Waals surface area (Å²) >= 11 is 1.82. The number of halogens is 1. The lowest BCUT2D eigenvalue weighted by Gasteiger charge is -2.25. The van der Waals surface area contributed by atoms with Crippen molar-refractivity contribution in [3.05, 3.63) is 21.9 Å². The zero-order valence-corrected chi connectivity index (χ0v) is 18.2. The summed E-state index contributed by atoms with van der Waals surface area (Å²) in [5.41, 5.74) is 0. The van der Waals surface area contributed by atoms with Crippen molar-refractivity contribution in [2.75, 3.05) is 39.9 Å². The molecule has 5 nitrogen and oxygen atoms in total. The van der Waals surface area contributed by atoms with E-state index in [-0.39, 0.29) is 24.0 Å². The second-order valence-electron chi connectivity index (χ2n) is 5.91. The Bertz CT molecular complexity index is 495. The second-order valence-corrected chi connectivity index (χ2v) is 7.29. The number of thiophene rings is 1. The van der Waals surface area contributed by atoms with E-state index in [9.17, 15) is 0 Å². The summed E-state index contributed by atoms with van der Waals surface area (Å²) in [7, 11) is 1.77. The van der Waals surface area contributed by atoms with Crippen LogP contribution in [-0.2, 0) is 11.3 Å². The number of hydrogen-bond acceptors (Lipinski definition) is 4. The molecule has 1 aromatic heterocycles. The third-order valence-corrected chi connectivity index (χ3v) is 5.11. The van der Waals surface area contributed by atoms with Gasteiger partial charge in [0, 0.05) is 42.5 Å². The van der Waals surface area contributed by atoms with Crippen LogP contribution in [0, 0.1) is 6.92 Å². The molecule has 0 amide bonds. The molecule has 2 heterocycles. The van der Waals surface area contributed by atoms with Crippen molar-refractivity contribution >= 4 is 41.3 Å². The van der Waals surface area contributed by atoms with Crippen molar-refractivity contribution in [2.24, 2.45) is 4.99 Å². The maximum absolute atomic E-state index is 5.21. The Kier molecular flexibility index (Phi) is 10.9. The Morgan fingerprint density at radius 2 is 2.25 bits per heavy atom. The number of nitrogens with one attached hydrogen (secondary N) is 2. The first-order valence-electron chi connectivity index (χ1n) is 8.53. The van der Waals surface area contributed by atoms with Crippen LogP contribution in [0.25, 0.3) is 0 Å². The van der Waals surface area contributed by atoms with Gasteiger partial charge in [-0.1, -0.05) is 0 Å². The number of methoxy groups -OCH3 is 1. The highest BCUT2D eigenvalue weighted by atomic mass is 127. The minimum absolute atomic E-state index is 0. The Labute approximate surface area is 167 Å². The molecule has 0 aliphatic carbocycles. The lowest BCUT2D eigenvalue weighted by molar-refractivity contribution is 0.141. The first-order chi connectivity index (χ1) is 11.2. The van der Waals surface area contributed by atoms with Gasteiger partial charge in [0.25, 0.3) is 0 Å². The first-order valence-corrected chi connectivity index (χ1v) is 9.35. The quantitative estimate of drug-likeness (QED) is 0.352. The fourth-order valence-electron chi connectivity index (χ4n) is 2.91. The summed E-state index contributed by atoms with van der Waals surface area (Å²) < 4.78 is 5.21. The SMILES string of the molecule is CCNC(=NCc1ccc(C)s1)NCC1CCCN1CCOC.I. The number of rotatable bonds is 8. The largest absolute Gasteiger partial charge is 0.383 e. The van der Waals surface area contributed by atoms with E-state index < -0.39 is 0 Å². The van der Waals surface area contributed by atoms with E-state index in [1.807, 2.05) is 11.3 Å². The average Bonchev–Trinajstić information content (AvgIpc) is 3.16. The van der Waals surface area contributed by atoms with E-state index in [0.29, 0.717) is 6.04 Å². The van der Waals surface area contributed by atoms with Gasteiger partial charge in [0.1, 0.15) is 0 Å². The van der Waals surface area contributed by atoms with E-state index in [4.69, 9.17) is 9.73 Å². The van der Waals surface area contributed by atoms with Gasteiger partial charge in [-0.05, 0) is 45.4 Å². The van der Waals surface area contributed by atoms with Crippen LogP contribution in [0.15, 0.2) is 17.1 Å². The predicted molar refractivity (Wildman–Crippen MR) is 114 cm³/mol. The molecule has 1 aromatic rings. The van der Waals surface area contributed by atoms with Crippen LogP contribution in [0.5, 0.6) is 0 Å². The highest BCUT2D eigenvalue weighted by Gasteiger charge is 2.23. The zero-order valence-electron chi connectivity index (χ0n) is 15.0. The summed E-state index contributed by atoms with van der Waals surface area (Å²) in [6.45, 7) is 9.81. The van der Waals surface area contributed by atoms with Crippen molar-refractivity contribution in [1.82, 2.24) is 15.5 Å². The van der Waals surface area contributed by atoms with E-state index >= 15 is 0 Å². The molecule has 2 N–H and O–H groups in total. The number of nitrogens with zero attached hydrogens (tertiary/aromatic N) is 2. The number of ether oxygens (including phenoxy) is 1. The molecule has 0 aromatic carbocycles. The number of aryl methyl sites for hydroxylation is 1. The molecule has 24 heavy (non-hydrogen) atoms. The summed E-state index contributed by atoms with van der Waals surface area (Å²) in [6.07, 6.45) is 2.53. The van der Waals surface area contributed by atoms with Gasteiger partial charge in [-0.25, -0.2) is 4.99 Å². The van der Waals surface area contributed by atoms with Gasteiger partial charge in [0.2, 0.25) is 0 Å². The topological polar surface area (TPSA) is 48.9 Å². The Morgan fingerprint density at radius 3 is 2.92 bits per heavy atom. The van der Waals surface area contributed by atoms with Crippen LogP contribution < -0.4 is 10.6 Å². The first kappa shape index (κ1) is 21.7. The molecule has 138 valence electrons. The van der Waals surface area contributed by atoms with Crippen LogP contribution in [0.3, 0.4) is 0 Å². The van der Waals surface area contributed by atoms with E-state index in [1.165, 1.54) is 29.1 Å². The van der Waals surface area contributed by atoms with Crippen LogP contribution >= 0.6 is 35.3 Å². The highest BCUT2D eigenvalue weighted by molar-refractivity contribution is 14.0. The summed E-state index contributed by atoms with van der Waals surface area (Å²) in [6, 6.07) is 4.90. The Balaban J connectivity index is 0.00000288. The molecule has 0 spiro atoms. The monoisotopic (exact) mass is 466 g/mol. The van der Waals surface area contributed by atoms with E-state index in [0.717, 1.165) is 38.7 Å². The van der Waals surface area contributed by atoms with Crippen molar-refractivity contribution in [3.63, 3.8) is 0 Å². The van der Waals surface area contributed by atoms with Gasteiger partial charge in [0.05, 0.1) is 13.2 Å². The molecule has 1 fully saturated rings. The zero-order chi connectivity index (χ0) is 16.5. The number of aliphatic imine (C=N–C) groups is 1. The molecule has 0 bridgehead atoms. The van der Waals surface area contributed by atoms with Crippen molar-refractivity contribution < 1.29 is 4.74 Å². The lowest BCUT2D eigenvalue weighted by Crippen LogP contribution is -2.45. The second kappa shape index (κ2) is 12.1. The number of guanidine groups is 1. The molecule has 0 saturated carbocycles. The van der Waals surface area contributed by atoms with Gasteiger partial charge in [-0.2, -0.15) is 0 Å². The summed E-state index contributed by atoms with van der Waals surface area (Å²) in [5, 5.41) is 6.85. The third-order valence-electron chi connectivity index (χ3n) is 4.12. The minimum atomic E-state index is 0. The van der Waals surface area contributed by atoms with Crippen molar-refractivity contribution in [1.29, 1.82) is 0 Å². The molecule has 1 unspecified atom stereocenters. The lowest BCUT2D eigenvalue weighted by atomic mass is 10.2. The molecule has 2 rings (SSSR count). The molecule has 1 atom stereocenters. The van der Waals surface area contributed by atoms with E-state index in [2.05, 4.69) is 41.5 Å². The standard InChI is InChI=1S/C17H30N4OS.HI/c1-4-18-17(20-13-16-8-7-14(2)23-16)19-12-15-6-5-9-21(15)10-11-22-3;/h7-8,15H,4-6,9-13H2,1-3H3,(H2,18,19,20);1H. The van der Waals surface area contributed by atoms with E-state index in [1.54, 1.807) is 7.11 Å². The maximum Gasteiger partial charge on any atom is 0.191 e. The van der Waals surface area contributed by atoms with Gasteiger partial charge in [0.15, 0.2) is 5.96 Å².